The first-order valence-corrected chi connectivity index (χ1v) is 11.0. The van der Waals surface area contributed by atoms with E-state index in [9.17, 15) is 9.59 Å². The Hall–Kier alpha value is -2.87. The van der Waals surface area contributed by atoms with E-state index in [4.69, 9.17) is 9.47 Å². The zero-order chi connectivity index (χ0) is 22.6. The Morgan fingerprint density at radius 3 is 2.55 bits per heavy atom. The molecule has 2 aromatic carbocycles. The number of halogens is 1. The molecule has 7 nitrogen and oxygen atoms in total. The Bertz CT molecular complexity index is 931. The van der Waals surface area contributed by atoms with Crippen molar-refractivity contribution in [2.24, 2.45) is 5.10 Å². The SMILES string of the molecule is CCCOc1c(Br)cc(C=NNC(=O)CCC(=O)Nc2ccccc2C)cc1OCC. The lowest BCUT2D eigenvalue weighted by atomic mass is 10.2. The monoisotopic (exact) mass is 489 g/mol. The summed E-state index contributed by atoms with van der Waals surface area (Å²) < 4.78 is 12.1. The van der Waals surface area contributed by atoms with E-state index in [2.05, 4.69) is 31.8 Å². The molecule has 2 aromatic rings. The maximum atomic E-state index is 12.0. The molecule has 0 bridgehead atoms. The van der Waals surface area contributed by atoms with E-state index in [1.807, 2.05) is 51.1 Å². The van der Waals surface area contributed by atoms with Gasteiger partial charge in [-0.15, -0.1) is 0 Å². The minimum atomic E-state index is -0.344. The van der Waals surface area contributed by atoms with Crippen LogP contribution in [-0.4, -0.2) is 31.2 Å². The smallest absolute Gasteiger partial charge is 0.240 e. The predicted molar refractivity (Wildman–Crippen MR) is 126 cm³/mol. The van der Waals surface area contributed by atoms with Gasteiger partial charge in [-0.2, -0.15) is 5.10 Å². The lowest BCUT2D eigenvalue weighted by Crippen LogP contribution is -2.20. The van der Waals surface area contributed by atoms with Gasteiger partial charge in [-0.05, 0) is 65.5 Å². The summed E-state index contributed by atoms with van der Waals surface area (Å²) in [7, 11) is 0. The van der Waals surface area contributed by atoms with Gasteiger partial charge in [0.25, 0.3) is 0 Å². The Morgan fingerprint density at radius 1 is 1.10 bits per heavy atom. The fourth-order valence-corrected chi connectivity index (χ4v) is 3.23. The molecule has 8 heteroatoms. The highest BCUT2D eigenvalue weighted by Crippen LogP contribution is 2.36. The molecule has 0 spiro atoms. The molecule has 0 aliphatic rings. The molecular weight excluding hydrogens is 462 g/mol. The number of hydrogen-bond donors (Lipinski definition) is 2. The highest BCUT2D eigenvalue weighted by atomic mass is 79.9. The molecule has 0 unspecified atom stereocenters. The normalized spacial score (nSPS) is 10.7. The molecular formula is C23H28BrN3O4. The average molecular weight is 490 g/mol. The van der Waals surface area contributed by atoms with E-state index in [1.54, 1.807) is 6.07 Å². The Labute approximate surface area is 191 Å². The first-order chi connectivity index (χ1) is 14.9. The van der Waals surface area contributed by atoms with Gasteiger partial charge in [-0.1, -0.05) is 25.1 Å². The van der Waals surface area contributed by atoms with Crippen LogP contribution in [0.1, 0.15) is 44.2 Å². The summed E-state index contributed by atoms with van der Waals surface area (Å²) in [4.78, 5) is 24.1. The molecule has 0 heterocycles. The average Bonchev–Trinajstić information content (AvgIpc) is 2.74. The fourth-order valence-electron chi connectivity index (χ4n) is 2.66. The third-order valence-corrected chi connectivity index (χ3v) is 4.77. The van der Waals surface area contributed by atoms with Gasteiger partial charge in [0.15, 0.2) is 11.5 Å². The van der Waals surface area contributed by atoms with Gasteiger partial charge >= 0.3 is 0 Å². The van der Waals surface area contributed by atoms with Crippen molar-refractivity contribution < 1.29 is 19.1 Å². The number of nitrogens with zero attached hydrogens (tertiary/aromatic N) is 1. The van der Waals surface area contributed by atoms with Crippen LogP contribution in [0.3, 0.4) is 0 Å². The van der Waals surface area contributed by atoms with Crippen LogP contribution in [0.15, 0.2) is 46.0 Å². The maximum absolute atomic E-state index is 12.0. The Balaban J connectivity index is 1.88. The number of benzene rings is 2. The van der Waals surface area contributed by atoms with Gasteiger partial charge in [0.05, 0.1) is 23.9 Å². The summed E-state index contributed by atoms with van der Waals surface area (Å²) >= 11 is 3.49. The lowest BCUT2D eigenvalue weighted by molar-refractivity contribution is -0.124. The van der Waals surface area contributed by atoms with Crippen molar-refractivity contribution in [1.82, 2.24) is 5.43 Å². The zero-order valence-electron chi connectivity index (χ0n) is 18.0. The third-order valence-electron chi connectivity index (χ3n) is 4.18. The van der Waals surface area contributed by atoms with Crippen LogP contribution >= 0.6 is 15.9 Å². The van der Waals surface area contributed by atoms with Gasteiger partial charge in [-0.3, -0.25) is 9.59 Å². The van der Waals surface area contributed by atoms with Crippen LogP contribution in [0.25, 0.3) is 0 Å². The van der Waals surface area contributed by atoms with Crippen molar-refractivity contribution in [3.05, 3.63) is 52.0 Å². The van der Waals surface area contributed by atoms with Crippen LogP contribution in [-0.2, 0) is 9.59 Å². The number of anilines is 1. The molecule has 0 radical (unpaired) electrons. The number of aryl methyl sites for hydroxylation is 1. The maximum Gasteiger partial charge on any atom is 0.240 e. The van der Waals surface area contributed by atoms with Crippen molar-refractivity contribution >= 4 is 39.6 Å². The minimum Gasteiger partial charge on any atom is -0.490 e. The summed E-state index contributed by atoms with van der Waals surface area (Å²) in [5.41, 5.74) is 4.89. The van der Waals surface area contributed by atoms with E-state index in [0.717, 1.165) is 27.7 Å². The highest BCUT2D eigenvalue weighted by Gasteiger charge is 2.12. The van der Waals surface area contributed by atoms with Crippen molar-refractivity contribution in [1.29, 1.82) is 0 Å². The predicted octanol–water partition coefficient (Wildman–Crippen LogP) is 4.81. The number of hydrogen-bond acceptors (Lipinski definition) is 5. The second kappa shape index (κ2) is 12.7. The largest absolute Gasteiger partial charge is 0.490 e. The van der Waals surface area contributed by atoms with Gasteiger partial charge in [0.1, 0.15) is 0 Å². The van der Waals surface area contributed by atoms with Gasteiger partial charge < -0.3 is 14.8 Å². The lowest BCUT2D eigenvalue weighted by Gasteiger charge is -2.14. The molecule has 2 rings (SSSR count). The Kier molecular flexibility index (Phi) is 10.0. The van der Waals surface area contributed by atoms with Gasteiger partial charge in [0, 0.05) is 18.5 Å². The summed E-state index contributed by atoms with van der Waals surface area (Å²) in [5.74, 6) is 0.681. The zero-order valence-corrected chi connectivity index (χ0v) is 19.6. The molecule has 0 atom stereocenters. The number of ether oxygens (including phenoxy) is 2. The van der Waals surface area contributed by atoms with Crippen molar-refractivity contribution in [2.45, 2.75) is 40.0 Å². The molecule has 166 valence electrons. The van der Waals surface area contributed by atoms with Gasteiger partial charge in [0.2, 0.25) is 11.8 Å². The topological polar surface area (TPSA) is 89.0 Å². The standard InChI is InChI=1S/C23H28BrN3O4/c1-4-12-31-23-18(24)13-17(14-20(23)30-5-2)15-25-27-22(29)11-10-21(28)26-19-9-7-6-8-16(19)3/h6-9,13-15H,4-5,10-12H2,1-3H3,(H,26,28)(H,27,29). The molecule has 0 aromatic heterocycles. The molecule has 0 aliphatic heterocycles. The van der Waals surface area contributed by atoms with Crippen LogP contribution in [0, 0.1) is 6.92 Å². The van der Waals surface area contributed by atoms with Crippen molar-refractivity contribution in [2.75, 3.05) is 18.5 Å². The van der Waals surface area contributed by atoms with Crippen LogP contribution in [0.2, 0.25) is 0 Å². The Morgan fingerprint density at radius 2 is 1.84 bits per heavy atom. The number of carbonyl (C=O) groups excluding carboxylic acids is 2. The van der Waals surface area contributed by atoms with Crippen LogP contribution in [0.4, 0.5) is 5.69 Å². The molecule has 31 heavy (non-hydrogen) atoms. The van der Waals surface area contributed by atoms with E-state index in [0.29, 0.717) is 24.7 Å². The molecule has 2 amide bonds. The number of carbonyl (C=O) groups is 2. The van der Waals surface area contributed by atoms with Crippen molar-refractivity contribution in [3.8, 4) is 11.5 Å². The summed E-state index contributed by atoms with van der Waals surface area (Å²) in [6, 6.07) is 11.1. The second-order valence-corrected chi connectivity index (χ2v) is 7.62. The fraction of sp³-hybridized carbons (Fsp3) is 0.348. The number of amides is 2. The molecule has 0 aliphatic carbocycles. The third kappa shape index (κ3) is 8.05. The number of nitrogens with one attached hydrogen (secondary N) is 2. The van der Waals surface area contributed by atoms with E-state index in [-0.39, 0.29) is 24.7 Å². The van der Waals surface area contributed by atoms with E-state index < -0.39 is 0 Å². The minimum absolute atomic E-state index is 0.0345. The number of rotatable bonds is 11. The number of para-hydroxylation sites is 1. The molecule has 0 fully saturated rings. The first-order valence-electron chi connectivity index (χ1n) is 10.2. The van der Waals surface area contributed by atoms with Gasteiger partial charge in [-0.25, -0.2) is 5.43 Å². The quantitative estimate of drug-likeness (QED) is 0.350. The summed E-state index contributed by atoms with van der Waals surface area (Å²) in [6.07, 6.45) is 2.50. The first kappa shape index (κ1) is 24.4. The molecule has 2 N–H and O–H groups in total. The summed E-state index contributed by atoms with van der Waals surface area (Å²) in [6.45, 7) is 6.92. The molecule has 0 saturated carbocycles. The van der Waals surface area contributed by atoms with Crippen LogP contribution in [0.5, 0.6) is 11.5 Å². The second-order valence-electron chi connectivity index (χ2n) is 6.77. The molecule has 0 saturated heterocycles. The van der Waals surface area contributed by atoms with Crippen LogP contribution < -0.4 is 20.2 Å². The van der Waals surface area contributed by atoms with E-state index >= 15 is 0 Å². The highest BCUT2D eigenvalue weighted by molar-refractivity contribution is 9.10. The summed E-state index contributed by atoms with van der Waals surface area (Å²) in [5, 5.41) is 6.78. The van der Waals surface area contributed by atoms with Crippen molar-refractivity contribution in [3.63, 3.8) is 0 Å². The number of hydrazone groups is 1. The van der Waals surface area contributed by atoms with E-state index in [1.165, 1.54) is 6.21 Å².